The van der Waals surface area contributed by atoms with Crippen LogP contribution in [0.2, 0.25) is 0 Å². The molecule has 0 aliphatic heterocycles. The summed E-state index contributed by atoms with van der Waals surface area (Å²) in [6.45, 7) is 2.83. The molecule has 0 saturated heterocycles. The van der Waals surface area contributed by atoms with Crippen molar-refractivity contribution in [3.05, 3.63) is 36.0 Å². The molecule has 1 aromatic carbocycles. The van der Waals surface area contributed by atoms with E-state index in [4.69, 9.17) is 5.11 Å². The molecule has 0 spiro atoms. The third-order valence-corrected chi connectivity index (χ3v) is 2.72. The molecule has 0 unspecified atom stereocenters. The maximum atomic E-state index is 10.4. The molecule has 0 atom stereocenters. The Hall–Kier alpha value is -1.77. The van der Waals surface area contributed by atoms with Crippen molar-refractivity contribution >= 4 is 16.9 Å². The number of carboxylic acids is 1. The lowest BCUT2D eigenvalue weighted by molar-refractivity contribution is -0.137. The minimum atomic E-state index is -0.729. The molecule has 1 heterocycles. The number of fused-ring (bicyclic) bond motifs is 1. The second-order valence-corrected chi connectivity index (χ2v) is 4.07. The van der Waals surface area contributed by atoms with Gasteiger partial charge >= 0.3 is 5.97 Å². The molecular formula is C13H15NO2. The molecule has 0 saturated carbocycles. The molecule has 1 aromatic heterocycles. The molecule has 0 aliphatic rings. The van der Waals surface area contributed by atoms with E-state index >= 15 is 0 Å². The van der Waals surface area contributed by atoms with Gasteiger partial charge in [-0.15, -0.1) is 0 Å². The normalized spacial score (nSPS) is 10.8. The fraction of sp³-hybridized carbons (Fsp3) is 0.308. The van der Waals surface area contributed by atoms with E-state index in [9.17, 15) is 4.79 Å². The lowest BCUT2D eigenvalue weighted by atomic mass is 10.2. The highest BCUT2D eigenvalue weighted by atomic mass is 16.4. The Morgan fingerprint density at radius 3 is 2.94 bits per heavy atom. The molecule has 1 N–H and O–H groups in total. The van der Waals surface area contributed by atoms with Crippen molar-refractivity contribution in [2.45, 2.75) is 26.3 Å². The maximum absolute atomic E-state index is 10.4. The van der Waals surface area contributed by atoms with Gasteiger partial charge in [0.2, 0.25) is 0 Å². The molecule has 2 aromatic rings. The Labute approximate surface area is 94.3 Å². The summed E-state index contributed by atoms with van der Waals surface area (Å²) in [4.78, 5) is 10.4. The first-order chi connectivity index (χ1) is 7.66. The summed E-state index contributed by atoms with van der Waals surface area (Å²) >= 11 is 0. The van der Waals surface area contributed by atoms with E-state index in [1.807, 2.05) is 6.20 Å². The van der Waals surface area contributed by atoms with Gasteiger partial charge in [-0.25, -0.2) is 0 Å². The first-order valence-corrected chi connectivity index (χ1v) is 5.44. The standard InChI is InChI=1S/C13H15NO2/c1-10-4-5-12-11(9-10)6-8-14(12)7-2-3-13(15)16/h4-6,8-9H,2-3,7H2,1H3,(H,15,16). The number of hydrogen-bond acceptors (Lipinski definition) is 1. The van der Waals surface area contributed by atoms with Crippen molar-refractivity contribution in [1.82, 2.24) is 4.57 Å². The van der Waals surface area contributed by atoms with Gasteiger partial charge in [-0.3, -0.25) is 4.79 Å². The Morgan fingerprint density at radius 2 is 2.19 bits per heavy atom. The number of carboxylic acid groups (broad SMARTS) is 1. The molecule has 0 amide bonds. The number of nitrogens with zero attached hydrogens (tertiary/aromatic N) is 1. The number of aryl methyl sites for hydroxylation is 2. The predicted molar refractivity (Wildman–Crippen MR) is 63.5 cm³/mol. The van der Waals surface area contributed by atoms with Crippen LogP contribution in [-0.4, -0.2) is 15.6 Å². The van der Waals surface area contributed by atoms with Crippen LogP contribution < -0.4 is 0 Å². The Morgan fingerprint density at radius 1 is 1.38 bits per heavy atom. The van der Waals surface area contributed by atoms with Crippen LogP contribution in [0.15, 0.2) is 30.5 Å². The minimum Gasteiger partial charge on any atom is -0.481 e. The van der Waals surface area contributed by atoms with Gasteiger partial charge in [-0.1, -0.05) is 11.6 Å². The number of benzene rings is 1. The van der Waals surface area contributed by atoms with Crippen LogP contribution in [0.4, 0.5) is 0 Å². The van der Waals surface area contributed by atoms with Crippen molar-refractivity contribution in [2.75, 3.05) is 0 Å². The number of rotatable bonds is 4. The van der Waals surface area contributed by atoms with E-state index in [0.29, 0.717) is 6.42 Å². The molecule has 0 fully saturated rings. The number of aliphatic carboxylic acids is 1. The van der Waals surface area contributed by atoms with Gasteiger partial charge in [-0.2, -0.15) is 0 Å². The molecular weight excluding hydrogens is 202 g/mol. The summed E-state index contributed by atoms with van der Waals surface area (Å²) in [6.07, 6.45) is 2.92. The zero-order valence-corrected chi connectivity index (χ0v) is 9.31. The van der Waals surface area contributed by atoms with Gasteiger partial charge in [0.05, 0.1) is 0 Å². The Kier molecular flexibility index (Phi) is 2.95. The van der Waals surface area contributed by atoms with Gasteiger partial charge < -0.3 is 9.67 Å². The quantitative estimate of drug-likeness (QED) is 0.855. The zero-order chi connectivity index (χ0) is 11.5. The number of aromatic nitrogens is 1. The fourth-order valence-corrected chi connectivity index (χ4v) is 1.92. The first-order valence-electron chi connectivity index (χ1n) is 5.44. The molecule has 0 radical (unpaired) electrons. The molecule has 3 heteroatoms. The van der Waals surface area contributed by atoms with Crippen molar-refractivity contribution < 1.29 is 9.90 Å². The fourth-order valence-electron chi connectivity index (χ4n) is 1.92. The van der Waals surface area contributed by atoms with Crippen LogP contribution in [0.25, 0.3) is 10.9 Å². The summed E-state index contributed by atoms with van der Waals surface area (Å²) in [6, 6.07) is 8.38. The van der Waals surface area contributed by atoms with E-state index in [0.717, 1.165) is 6.54 Å². The van der Waals surface area contributed by atoms with Gasteiger partial charge in [0.25, 0.3) is 0 Å². The highest BCUT2D eigenvalue weighted by Gasteiger charge is 2.02. The third kappa shape index (κ3) is 2.24. The largest absolute Gasteiger partial charge is 0.481 e. The third-order valence-electron chi connectivity index (χ3n) is 2.72. The van der Waals surface area contributed by atoms with Crippen LogP contribution in [0.3, 0.4) is 0 Å². The van der Waals surface area contributed by atoms with Crippen molar-refractivity contribution in [3.63, 3.8) is 0 Å². The first kappa shape index (κ1) is 10.7. The summed E-state index contributed by atoms with van der Waals surface area (Å²) in [5.41, 5.74) is 2.42. The smallest absolute Gasteiger partial charge is 0.303 e. The number of hydrogen-bond donors (Lipinski definition) is 1. The van der Waals surface area contributed by atoms with E-state index in [-0.39, 0.29) is 6.42 Å². The molecule has 16 heavy (non-hydrogen) atoms. The van der Waals surface area contributed by atoms with Crippen molar-refractivity contribution in [2.24, 2.45) is 0 Å². The van der Waals surface area contributed by atoms with Crippen LogP contribution >= 0.6 is 0 Å². The highest BCUT2D eigenvalue weighted by molar-refractivity contribution is 5.80. The van der Waals surface area contributed by atoms with Crippen LogP contribution in [-0.2, 0) is 11.3 Å². The van der Waals surface area contributed by atoms with Gasteiger partial charge in [-0.05, 0) is 36.9 Å². The van der Waals surface area contributed by atoms with E-state index in [1.165, 1.54) is 16.5 Å². The number of carbonyl (C=O) groups is 1. The average Bonchev–Trinajstić information content (AvgIpc) is 2.60. The summed E-state index contributed by atoms with van der Waals surface area (Å²) in [7, 11) is 0. The summed E-state index contributed by atoms with van der Waals surface area (Å²) < 4.78 is 2.11. The van der Waals surface area contributed by atoms with Crippen molar-refractivity contribution in [1.29, 1.82) is 0 Å². The van der Waals surface area contributed by atoms with Crippen LogP contribution in [0.1, 0.15) is 18.4 Å². The van der Waals surface area contributed by atoms with Crippen molar-refractivity contribution in [3.8, 4) is 0 Å². The molecule has 0 bridgehead atoms. The van der Waals surface area contributed by atoms with Crippen LogP contribution in [0.5, 0.6) is 0 Å². The monoisotopic (exact) mass is 217 g/mol. The lowest BCUT2D eigenvalue weighted by Gasteiger charge is -2.04. The van der Waals surface area contributed by atoms with E-state index < -0.39 is 5.97 Å². The van der Waals surface area contributed by atoms with E-state index in [1.54, 1.807) is 0 Å². The lowest BCUT2D eigenvalue weighted by Crippen LogP contribution is -2.00. The van der Waals surface area contributed by atoms with Gasteiger partial charge in [0.15, 0.2) is 0 Å². The zero-order valence-electron chi connectivity index (χ0n) is 9.31. The summed E-state index contributed by atoms with van der Waals surface area (Å²) in [5, 5.41) is 9.80. The Balaban J connectivity index is 2.15. The Bertz CT molecular complexity index is 514. The average molecular weight is 217 g/mol. The van der Waals surface area contributed by atoms with Crippen LogP contribution in [0, 0.1) is 6.92 Å². The van der Waals surface area contributed by atoms with Gasteiger partial charge in [0, 0.05) is 24.7 Å². The molecule has 0 aliphatic carbocycles. The molecule has 2 rings (SSSR count). The minimum absolute atomic E-state index is 0.228. The topological polar surface area (TPSA) is 42.2 Å². The maximum Gasteiger partial charge on any atom is 0.303 e. The molecule has 3 nitrogen and oxygen atoms in total. The highest BCUT2D eigenvalue weighted by Crippen LogP contribution is 2.17. The van der Waals surface area contributed by atoms with E-state index in [2.05, 4.69) is 35.8 Å². The molecule has 84 valence electrons. The summed E-state index contributed by atoms with van der Waals surface area (Å²) in [5.74, 6) is -0.729. The van der Waals surface area contributed by atoms with Gasteiger partial charge in [0.1, 0.15) is 0 Å². The second kappa shape index (κ2) is 4.39. The SMILES string of the molecule is Cc1ccc2c(ccn2CCCC(=O)O)c1. The second-order valence-electron chi connectivity index (χ2n) is 4.07. The predicted octanol–water partition coefficient (Wildman–Crippen LogP) is 2.81.